The second-order valence-corrected chi connectivity index (χ2v) is 4.67. The Morgan fingerprint density at radius 1 is 1.37 bits per heavy atom. The maximum atomic E-state index is 11.9. The smallest absolute Gasteiger partial charge is 0.373 e. The molecular formula is C11H11Cl2F3N2O. The molecule has 0 aliphatic carbocycles. The van der Waals surface area contributed by atoms with Crippen molar-refractivity contribution in [3.05, 3.63) is 28.2 Å². The molecule has 1 aromatic carbocycles. The van der Waals surface area contributed by atoms with Gasteiger partial charge in [-0.2, -0.15) is 13.2 Å². The minimum absolute atomic E-state index is 0.281. The first-order chi connectivity index (χ1) is 8.69. The molecule has 0 aliphatic heterocycles. The number of carbonyl (C=O) groups excluding carboxylic acids is 1. The van der Waals surface area contributed by atoms with E-state index >= 15 is 0 Å². The van der Waals surface area contributed by atoms with E-state index in [2.05, 4.69) is 5.32 Å². The predicted octanol–water partition coefficient (Wildman–Crippen LogP) is 3.47. The molecule has 0 aromatic heterocycles. The van der Waals surface area contributed by atoms with Gasteiger partial charge in [-0.3, -0.25) is 4.79 Å². The second-order valence-electron chi connectivity index (χ2n) is 3.82. The van der Waals surface area contributed by atoms with Crippen molar-refractivity contribution in [2.24, 2.45) is 0 Å². The number of alkyl halides is 3. The number of amides is 1. The number of rotatable bonds is 4. The summed E-state index contributed by atoms with van der Waals surface area (Å²) in [5.74, 6) is -0.775. The quantitative estimate of drug-likeness (QED) is 0.893. The molecule has 1 aromatic rings. The molecule has 3 nitrogen and oxygen atoms in total. The van der Waals surface area contributed by atoms with Gasteiger partial charge in [-0.05, 0) is 25.1 Å². The van der Waals surface area contributed by atoms with Gasteiger partial charge in [-0.25, -0.2) is 0 Å². The average molecular weight is 315 g/mol. The third kappa shape index (κ3) is 5.57. The summed E-state index contributed by atoms with van der Waals surface area (Å²) in [4.78, 5) is 11.4. The van der Waals surface area contributed by atoms with Crippen molar-refractivity contribution in [2.75, 3.05) is 11.9 Å². The van der Waals surface area contributed by atoms with E-state index < -0.39 is 24.7 Å². The number of hydrogen-bond donors (Lipinski definition) is 2. The summed E-state index contributed by atoms with van der Waals surface area (Å²) in [6.07, 6.45) is -4.44. The highest BCUT2D eigenvalue weighted by atomic mass is 35.5. The van der Waals surface area contributed by atoms with E-state index in [1.807, 2.05) is 0 Å². The lowest BCUT2D eigenvalue weighted by Crippen LogP contribution is -2.42. The van der Waals surface area contributed by atoms with E-state index in [0.29, 0.717) is 10.7 Å². The van der Waals surface area contributed by atoms with Gasteiger partial charge in [-0.1, -0.05) is 23.2 Å². The fraction of sp³-hybridized carbons (Fsp3) is 0.364. The molecule has 106 valence electrons. The third-order valence-corrected chi connectivity index (χ3v) is 2.71. The first-order valence-electron chi connectivity index (χ1n) is 5.25. The molecule has 0 bridgehead atoms. The number of nitrogens with one attached hydrogen (secondary N) is 2. The van der Waals surface area contributed by atoms with Crippen LogP contribution < -0.4 is 10.6 Å². The zero-order valence-electron chi connectivity index (χ0n) is 9.81. The number of benzene rings is 1. The Bertz CT molecular complexity index is 466. The minimum Gasteiger partial charge on any atom is -0.373 e. The second kappa shape index (κ2) is 6.34. The lowest BCUT2D eigenvalue weighted by atomic mass is 10.2. The highest BCUT2D eigenvalue weighted by Gasteiger charge is 2.28. The molecular weight excluding hydrogens is 304 g/mol. The van der Waals surface area contributed by atoms with E-state index in [1.165, 1.54) is 19.1 Å². The number of carbonyl (C=O) groups is 1. The van der Waals surface area contributed by atoms with Crippen molar-refractivity contribution in [3.63, 3.8) is 0 Å². The molecule has 0 fully saturated rings. The van der Waals surface area contributed by atoms with Crippen LogP contribution in [0.2, 0.25) is 10.0 Å². The van der Waals surface area contributed by atoms with E-state index in [4.69, 9.17) is 23.2 Å². The Kier molecular flexibility index (Phi) is 5.31. The molecule has 0 heterocycles. The fourth-order valence-electron chi connectivity index (χ4n) is 1.25. The lowest BCUT2D eigenvalue weighted by Gasteiger charge is -2.17. The minimum atomic E-state index is -4.44. The molecule has 1 atom stereocenters. The number of anilines is 1. The van der Waals surface area contributed by atoms with Crippen LogP contribution in [0.4, 0.5) is 18.9 Å². The Morgan fingerprint density at radius 2 is 2.00 bits per heavy atom. The summed E-state index contributed by atoms with van der Waals surface area (Å²) in [5, 5.41) is 5.18. The van der Waals surface area contributed by atoms with Crippen LogP contribution in [0.15, 0.2) is 18.2 Å². The molecule has 0 radical (unpaired) electrons. The summed E-state index contributed by atoms with van der Waals surface area (Å²) < 4.78 is 35.8. The van der Waals surface area contributed by atoms with Crippen molar-refractivity contribution in [2.45, 2.75) is 19.1 Å². The van der Waals surface area contributed by atoms with Gasteiger partial charge in [0.25, 0.3) is 0 Å². The SMILES string of the molecule is CC(Nc1ccc(Cl)cc1Cl)C(=O)NCC(F)(F)F. The Hall–Kier alpha value is -1.14. The van der Waals surface area contributed by atoms with Crippen LogP contribution in [-0.4, -0.2) is 24.7 Å². The molecule has 8 heteroatoms. The molecule has 1 amide bonds. The summed E-state index contributed by atoms with van der Waals surface area (Å²) in [7, 11) is 0. The van der Waals surface area contributed by atoms with Crippen LogP contribution in [0.3, 0.4) is 0 Å². The summed E-state index contributed by atoms with van der Waals surface area (Å²) in [6, 6.07) is 3.70. The van der Waals surface area contributed by atoms with Crippen LogP contribution in [0.5, 0.6) is 0 Å². The van der Waals surface area contributed by atoms with Crippen LogP contribution in [-0.2, 0) is 4.79 Å². The van der Waals surface area contributed by atoms with E-state index in [0.717, 1.165) is 0 Å². The highest BCUT2D eigenvalue weighted by molar-refractivity contribution is 6.36. The van der Waals surface area contributed by atoms with Gasteiger partial charge in [-0.15, -0.1) is 0 Å². The van der Waals surface area contributed by atoms with Gasteiger partial charge >= 0.3 is 6.18 Å². The number of halogens is 5. The van der Waals surface area contributed by atoms with E-state index in [9.17, 15) is 18.0 Å². The van der Waals surface area contributed by atoms with Crippen LogP contribution in [0, 0.1) is 0 Å². The van der Waals surface area contributed by atoms with Crippen molar-refractivity contribution in [1.29, 1.82) is 0 Å². The Morgan fingerprint density at radius 3 is 2.53 bits per heavy atom. The first-order valence-corrected chi connectivity index (χ1v) is 6.00. The zero-order chi connectivity index (χ0) is 14.6. The van der Waals surface area contributed by atoms with Gasteiger partial charge < -0.3 is 10.6 Å². The van der Waals surface area contributed by atoms with Gasteiger partial charge in [0.1, 0.15) is 12.6 Å². The van der Waals surface area contributed by atoms with Gasteiger partial charge in [0.05, 0.1) is 10.7 Å². The molecule has 19 heavy (non-hydrogen) atoms. The number of hydrogen-bond acceptors (Lipinski definition) is 2. The van der Waals surface area contributed by atoms with Crippen LogP contribution >= 0.6 is 23.2 Å². The van der Waals surface area contributed by atoms with Crippen molar-refractivity contribution in [3.8, 4) is 0 Å². The monoisotopic (exact) mass is 314 g/mol. The normalized spacial score (nSPS) is 12.9. The fourth-order valence-corrected chi connectivity index (χ4v) is 1.71. The summed E-state index contributed by atoms with van der Waals surface area (Å²) >= 11 is 11.6. The summed E-state index contributed by atoms with van der Waals surface area (Å²) in [5.41, 5.74) is 0.417. The van der Waals surface area contributed by atoms with Crippen LogP contribution in [0.25, 0.3) is 0 Å². The average Bonchev–Trinajstić information content (AvgIpc) is 2.28. The lowest BCUT2D eigenvalue weighted by molar-refractivity contribution is -0.138. The van der Waals surface area contributed by atoms with E-state index in [1.54, 1.807) is 11.4 Å². The van der Waals surface area contributed by atoms with Gasteiger partial charge in [0.15, 0.2) is 0 Å². The molecule has 0 spiro atoms. The van der Waals surface area contributed by atoms with Crippen molar-refractivity contribution in [1.82, 2.24) is 5.32 Å². The zero-order valence-corrected chi connectivity index (χ0v) is 11.3. The molecule has 1 unspecified atom stereocenters. The summed E-state index contributed by atoms with van der Waals surface area (Å²) in [6.45, 7) is 0.0584. The van der Waals surface area contributed by atoms with Crippen LogP contribution in [0.1, 0.15) is 6.92 Å². The third-order valence-electron chi connectivity index (χ3n) is 2.16. The molecule has 0 aliphatic rings. The molecule has 0 saturated carbocycles. The first kappa shape index (κ1) is 15.9. The van der Waals surface area contributed by atoms with Crippen molar-refractivity contribution >= 4 is 34.8 Å². The topological polar surface area (TPSA) is 41.1 Å². The highest BCUT2D eigenvalue weighted by Crippen LogP contribution is 2.25. The Labute approximate surface area is 118 Å². The standard InChI is InChI=1S/C11H11Cl2F3N2O/c1-6(10(19)17-5-11(14,15)16)18-9-3-2-7(12)4-8(9)13/h2-4,6,18H,5H2,1H3,(H,17,19). The largest absolute Gasteiger partial charge is 0.405 e. The van der Waals surface area contributed by atoms with Crippen molar-refractivity contribution < 1.29 is 18.0 Å². The molecule has 2 N–H and O–H groups in total. The maximum absolute atomic E-state index is 11.9. The van der Waals surface area contributed by atoms with Gasteiger partial charge in [0, 0.05) is 5.02 Å². The predicted molar refractivity (Wildman–Crippen MR) is 68.6 cm³/mol. The molecule has 0 saturated heterocycles. The maximum Gasteiger partial charge on any atom is 0.405 e. The Balaban J connectivity index is 2.59. The van der Waals surface area contributed by atoms with Gasteiger partial charge in [0.2, 0.25) is 5.91 Å². The molecule has 1 rings (SSSR count). The van der Waals surface area contributed by atoms with E-state index in [-0.39, 0.29) is 5.02 Å².